The molecule has 0 aromatic heterocycles. The molecule has 0 aliphatic rings. The minimum Gasteiger partial charge on any atom is -0.384 e. The van der Waals surface area contributed by atoms with Crippen molar-refractivity contribution in [2.24, 2.45) is 0 Å². The van der Waals surface area contributed by atoms with Crippen molar-refractivity contribution in [1.82, 2.24) is 4.90 Å². The predicted octanol–water partition coefficient (Wildman–Crippen LogP) is 2.84. The number of hydrogen-bond acceptors (Lipinski definition) is 3. The van der Waals surface area contributed by atoms with Crippen molar-refractivity contribution in [3.8, 4) is 0 Å². The highest BCUT2D eigenvalue weighted by Gasteiger charge is 2.03. The van der Waals surface area contributed by atoms with E-state index in [-0.39, 0.29) is 5.91 Å². The smallest absolute Gasteiger partial charge is 0.228 e. The fourth-order valence-electron chi connectivity index (χ4n) is 2.08. The quantitative estimate of drug-likeness (QED) is 0.826. The number of likely N-dealkylation sites (N-methyl/N-ethyl adjacent to an activating group) is 1. The molecule has 0 spiro atoms. The summed E-state index contributed by atoms with van der Waals surface area (Å²) in [6.45, 7) is 1.88. The minimum absolute atomic E-state index is 0.000447. The summed E-state index contributed by atoms with van der Waals surface area (Å²) in [7, 11) is 4.10. The highest BCUT2D eigenvalue weighted by molar-refractivity contribution is 5.92. The SMILES string of the molecule is CN(C)CCNc1ccc(NC(=O)Cc2ccccc2)cc1. The van der Waals surface area contributed by atoms with Gasteiger partial charge in [0.15, 0.2) is 0 Å². The minimum atomic E-state index is -0.000447. The van der Waals surface area contributed by atoms with E-state index in [1.54, 1.807) is 0 Å². The van der Waals surface area contributed by atoms with E-state index in [2.05, 4.69) is 15.5 Å². The summed E-state index contributed by atoms with van der Waals surface area (Å²) in [5.41, 5.74) is 2.89. The molecule has 0 fully saturated rings. The van der Waals surface area contributed by atoms with Crippen LogP contribution in [0.5, 0.6) is 0 Å². The average molecular weight is 297 g/mol. The lowest BCUT2D eigenvalue weighted by molar-refractivity contribution is -0.115. The fourth-order valence-corrected chi connectivity index (χ4v) is 2.08. The zero-order valence-corrected chi connectivity index (χ0v) is 13.2. The van der Waals surface area contributed by atoms with Gasteiger partial charge in [-0.2, -0.15) is 0 Å². The van der Waals surface area contributed by atoms with Gasteiger partial charge in [0.2, 0.25) is 5.91 Å². The van der Waals surface area contributed by atoms with Crippen LogP contribution in [0.15, 0.2) is 54.6 Å². The van der Waals surface area contributed by atoms with Crippen molar-refractivity contribution in [3.63, 3.8) is 0 Å². The zero-order valence-electron chi connectivity index (χ0n) is 13.2. The topological polar surface area (TPSA) is 44.4 Å². The van der Waals surface area contributed by atoms with Crippen molar-refractivity contribution in [2.45, 2.75) is 6.42 Å². The van der Waals surface area contributed by atoms with Gasteiger partial charge in [0, 0.05) is 24.5 Å². The number of carbonyl (C=O) groups excluding carboxylic acids is 1. The van der Waals surface area contributed by atoms with Crippen LogP contribution in [0.1, 0.15) is 5.56 Å². The van der Waals surface area contributed by atoms with Gasteiger partial charge >= 0.3 is 0 Å². The number of hydrogen-bond donors (Lipinski definition) is 2. The van der Waals surface area contributed by atoms with E-state index in [9.17, 15) is 4.79 Å². The van der Waals surface area contributed by atoms with Crippen molar-refractivity contribution < 1.29 is 4.79 Å². The molecule has 0 saturated heterocycles. The van der Waals surface area contributed by atoms with E-state index in [0.29, 0.717) is 6.42 Å². The van der Waals surface area contributed by atoms with Crippen LogP contribution in [-0.4, -0.2) is 38.0 Å². The summed E-state index contributed by atoms with van der Waals surface area (Å²) in [4.78, 5) is 14.1. The Kier molecular flexibility index (Phi) is 5.98. The maximum atomic E-state index is 12.0. The maximum absolute atomic E-state index is 12.0. The molecule has 2 aromatic carbocycles. The summed E-state index contributed by atoms with van der Waals surface area (Å²) in [6.07, 6.45) is 0.393. The summed E-state index contributed by atoms with van der Waals surface area (Å²) in [6, 6.07) is 17.5. The summed E-state index contributed by atoms with van der Waals surface area (Å²) >= 11 is 0. The molecule has 0 unspecified atom stereocenters. The number of rotatable bonds is 7. The molecule has 2 aromatic rings. The normalized spacial score (nSPS) is 10.5. The maximum Gasteiger partial charge on any atom is 0.228 e. The number of benzene rings is 2. The van der Waals surface area contributed by atoms with E-state index in [0.717, 1.165) is 30.0 Å². The number of nitrogens with zero attached hydrogens (tertiary/aromatic N) is 1. The molecule has 22 heavy (non-hydrogen) atoms. The number of nitrogens with one attached hydrogen (secondary N) is 2. The van der Waals surface area contributed by atoms with Gasteiger partial charge < -0.3 is 15.5 Å². The molecule has 2 N–H and O–H groups in total. The highest BCUT2D eigenvalue weighted by atomic mass is 16.1. The Labute approximate surface area is 132 Å². The van der Waals surface area contributed by atoms with Gasteiger partial charge in [-0.1, -0.05) is 30.3 Å². The molecule has 116 valence electrons. The summed E-state index contributed by atoms with van der Waals surface area (Å²) in [5, 5.41) is 6.26. The van der Waals surface area contributed by atoms with Crippen molar-refractivity contribution in [3.05, 3.63) is 60.2 Å². The molecule has 1 amide bonds. The number of carbonyl (C=O) groups is 1. The van der Waals surface area contributed by atoms with Crippen molar-refractivity contribution in [1.29, 1.82) is 0 Å². The van der Waals surface area contributed by atoms with Crippen molar-refractivity contribution >= 4 is 17.3 Å². The highest BCUT2D eigenvalue weighted by Crippen LogP contribution is 2.13. The third-order valence-electron chi connectivity index (χ3n) is 3.26. The van der Waals surface area contributed by atoms with Crippen LogP contribution in [0.2, 0.25) is 0 Å². The predicted molar refractivity (Wildman–Crippen MR) is 92.3 cm³/mol. The van der Waals surface area contributed by atoms with Crippen LogP contribution in [0.4, 0.5) is 11.4 Å². The molecule has 0 heterocycles. The average Bonchev–Trinajstić information content (AvgIpc) is 2.49. The van der Waals surface area contributed by atoms with Crippen LogP contribution in [0, 0.1) is 0 Å². The molecule has 4 heteroatoms. The van der Waals surface area contributed by atoms with Gasteiger partial charge in [-0.25, -0.2) is 0 Å². The molecule has 0 aliphatic heterocycles. The van der Waals surface area contributed by atoms with Gasteiger partial charge in [-0.05, 0) is 43.9 Å². The lowest BCUT2D eigenvalue weighted by Crippen LogP contribution is -2.20. The zero-order chi connectivity index (χ0) is 15.8. The Balaban J connectivity index is 1.82. The first-order chi connectivity index (χ1) is 10.6. The Morgan fingerprint density at radius 2 is 1.59 bits per heavy atom. The Morgan fingerprint density at radius 3 is 2.23 bits per heavy atom. The fraction of sp³-hybridized carbons (Fsp3) is 0.278. The Morgan fingerprint density at radius 1 is 0.955 bits per heavy atom. The van der Waals surface area contributed by atoms with Gasteiger partial charge in [0.05, 0.1) is 6.42 Å². The first-order valence-electron chi connectivity index (χ1n) is 7.46. The molecule has 0 saturated carbocycles. The lowest BCUT2D eigenvalue weighted by atomic mass is 10.1. The number of anilines is 2. The molecule has 4 nitrogen and oxygen atoms in total. The van der Waals surface area contributed by atoms with Crippen molar-refractivity contribution in [2.75, 3.05) is 37.8 Å². The summed E-state index contributed by atoms with van der Waals surface area (Å²) in [5.74, 6) is -0.000447. The second kappa shape index (κ2) is 8.20. The molecular weight excluding hydrogens is 274 g/mol. The molecule has 0 atom stereocenters. The first-order valence-corrected chi connectivity index (χ1v) is 7.46. The van der Waals surface area contributed by atoms with Gasteiger partial charge in [0.25, 0.3) is 0 Å². The van der Waals surface area contributed by atoms with Crippen LogP contribution in [0.3, 0.4) is 0 Å². The second-order valence-corrected chi connectivity index (χ2v) is 5.52. The second-order valence-electron chi connectivity index (χ2n) is 5.52. The van der Waals surface area contributed by atoms with Gasteiger partial charge in [-0.3, -0.25) is 4.79 Å². The van der Waals surface area contributed by atoms with E-state index < -0.39 is 0 Å². The van der Waals surface area contributed by atoms with Gasteiger partial charge in [-0.15, -0.1) is 0 Å². The van der Waals surface area contributed by atoms with Crippen LogP contribution in [-0.2, 0) is 11.2 Å². The largest absolute Gasteiger partial charge is 0.384 e. The standard InChI is InChI=1S/C18H23N3O/c1-21(2)13-12-19-16-8-10-17(11-9-16)20-18(22)14-15-6-4-3-5-7-15/h3-11,19H,12-14H2,1-2H3,(H,20,22). The Bertz CT molecular complexity index is 579. The molecule has 0 radical (unpaired) electrons. The van der Waals surface area contributed by atoms with E-state index >= 15 is 0 Å². The van der Waals surface area contributed by atoms with Crippen LogP contribution < -0.4 is 10.6 Å². The summed E-state index contributed by atoms with van der Waals surface area (Å²) < 4.78 is 0. The van der Waals surface area contributed by atoms with E-state index in [1.165, 1.54) is 0 Å². The van der Waals surface area contributed by atoms with Crippen LogP contribution >= 0.6 is 0 Å². The monoisotopic (exact) mass is 297 g/mol. The third kappa shape index (κ3) is 5.58. The molecule has 0 bridgehead atoms. The molecule has 0 aliphatic carbocycles. The first kappa shape index (κ1) is 16.0. The third-order valence-corrected chi connectivity index (χ3v) is 3.26. The number of amides is 1. The van der Waals surface area contributed by atoms with E-state index in [4.69, 9.17) is 0 Å². The molecule has 2 rings (SSSR count). The lowest BCUT2D eigenvalue weighted by Gasteiger charge is -2.12. The van der Waals surface area contributed by atoms with Crippen LogP contribution in [0.25, 0.3) is 0 Å². The Hall–Kier alpha value is -2.33. The van der Waals surface area contributed by atoms with E-state index in [1.807, 2.05) is 68.7 Å². The van der Waals surface area contributed by atoms with Gasteiger partial charge in [0.1, 0.15) is 0 Å². The molecular formula is C18H23N3O.